The smallest absolute Gasteiger partial charge is 0.307 e. The van der Waals surface area contributed by atoms with E-state index in [0.717, 1.165) is 5.56 Å². The standard InChI is InChI=1S/C13H14O3/c1-2-3-4-8-16-12-7-5-6-11(9-12)10-13(14)15/h5-7,9H,4,8,10H2,1H3,(H,14,15). The van der Waals surface area contributed by atoms with Crippen LogP contribution in [0.15, 0.2) is 24.3 Å². The molecule has 3 nitrogen and oxygen atoms in total. The first-order valence-electron chi connectivity index (χ1n) is 5.05. The summed E-state index contributed by atoms with van der Waals surface area (Å²) in [7, 11) is 0. The van der Waals surface area contributed by atoms with Gasteiger partial charge in [0.15, 0.2) is 0 Å². The zero-order valence-electron chi connectivity index (χ0n) is 9.19. The maximum Gasteiger partial charge on any atom is 0.307 e. The van der Waals surface area contributed by atoms with Crippen LogP contribution in [0.5, 0.6) is 5.75 Å². The van der Waals surface area contributed by atoms with E-state index >= 15 is 0 Å². The molecule has 0 aromatic heterocycles. The summed E-state index contributed by atoms with van der Waals surface area (Å²) in [6.07, 6.45) is 0.700. The van der Waals surface area contributed by atoms with Crippen LogP contribution in [-0.2, 0) is 11.2 Å². The second kappa shape index (κ2) is 6.52. The Labute approximate surface area is 95.1 Å². The molecule has 0 unspecified atom stereocenters. The highest BCUT2D eigenvalue weighted by Crippen LogP contribution is 2.13. The molecule has 0 spiro atoms. The quantitative estimate of drug-likeness (QED) is 0.608. The topological polar surface area (TPSA) is 46.5 Å². The van der Waals surface area contributed by atoms with Gasteiger partial charge in [-0.05, 0) is 24.6 Å². The Kier molecular flexibility index (Phi) is 4.94. The van der Waals surface area contributed by atoms with Crippen molar-refractivity contribution in [3.63, 3.8) is 0 Å². The molecule has 0 bridgehead atoms. The van der Waals surface area contributed by atoms with Crippen molar-refractivity contribution >= 4 is 5.97 Å². The molecule has 1 aromatic rings. The average Bonchev–Trinajstić information content (AvgIpc) is 2.24. The largest absolute Gasteiger partial charge is 0.493 e. The predicted octanol–water partition coefficient (Wildman–Crippen LogP) is 2.11. The van der Waals surface area contributed by atoms with Crippen molar-refractivity contribution in [3.05, 3.63) is 29.8 Å². The second-order valence-electron chi connectivity index (χ2n) is 3.24. The highest BCUT2D eigenvalue weighted by Gasteiger charge is 2.01. The van der Waals surface area contributed by atoms with Crippen LogP contribution in [0.1, 0.15) is 18.9 Å². The number of carbonyl (C=O) groups is 1. The Morgan fingerprint density at radius 2 is 2.31 bits per heavy atom. The normalized spacial score (nSPS) is 9.06. The zero-order valence-corrected chi connectivity index (χ0v) is 9.19. The van der Waals surface area contributed by atoms with Crippen LogP contribution < -0.4 is 4.74 Å². The maximum atomic E-state index is 10.5. The van der Waals surface area contributed by atoms with Gasteiger partial charge in [0.05, 0.1) is 13.0 Å². The monoisotopic (exact) mass is 218 g/mol. The molecule has 0 aliphatic rings. The van der Waals surface area contributed by atoms with Crippen molar-refractivity contribution < 1.29 is 14.6 Å². The second-order valence-corrected chi connectivity index (χ2v) is 3.24. The fourth-order valence-corrected chi connectivity index (χ4v) is 1.26. The molecule has 84 valence electrons. The third-order valence-corrected chi connectivity index (χ3v) is 1.93. The molecule has 0 atom stereocenters. The Bertz CT molecular complexity index is 413. The minimum Gasteiger partial charge on any atom is -0.493 e. The summed E-state index contributed by atoms with van der Waals surface area (Å²) in [5, 5.41) is 8.64. The van der Waals surface area contributed by atoms with Crippen molar-refractivity contribution in [2.24, 2.45) is 0 Å². The number of aliphatic carboxylic acids is 1. The SMILES string of the molecule is CC#CCCOc1cccc(CC(=O)O)c1. The Morgan fingerprint density at radius 3 is 3.00 bits per heavy atom. The first-order chi connectivity index (χ1) is 7.72. The van der Waals surface area contributed by atoms with Crippen molar-refractivity contribution in [1.29, 1.82) is 0 Å². The van der Waals surface area contributed by atoms with Crippen LogP contribution in [-0.4, -0.2) is 17.7 Å². The van der Waals surface area contributed by atoms with Crippen molar-refractivity contribution in [1.82, 2.24) is 0 Å². The molecular weight excluding hydrogens is 204 g/mol. The van der Waals surface area contributed by atoms with E-state index in [1.807, 2.05) is 6.07 Å². The first-order valence-corrected chi connectivity index (χ1v) is 5.05. The number of hydrogen-bond acceptors (Lipinski definition) is 2. The molecule has 1 aromatic carbocycles. The Balaban J connectivity index is 2.52. The van der Waals surface area contributed by atoms with E-state index in [1.54, 1.807) is 25.1 Å². The van der Waals surface area contributed by atoms with Gasteiger partial charge >= 0.3 is 5.97 Å². The van der Waals surface area contributed by atoms with Gasteiger partial charge in [0.25, 0.3) is 0 Å². The van der Waals surface area contributed by atoms with E-state index in [-0.39, 0.29) is 6.42 Å². The van der Waals surface area contributed by atoms with Crippen molar-refractivity contribution in [2.45, 2.75) is 19.8 Å². The number of benzene rings is 1. The highest BCUT2D eigenvalue weighted by molar-refractivity contribution is 5.70. The van der Waals surface area contributed by atoms with Crippen LogP contribution >= 0.6 is 0 Å². The molecule has 0 heterocycles. The first kappa shape index (κ1) is 12.1. The zero-order chi connectivity index (χ0) is 11.8. The lowest BCUT2D eigenvalue weighted by molar-refractivity contribution is -0.136. The maximum absolute atomic E-state index is 10.5. The summed E-state index contributed by atoms with van der Waals surface area (Å²) in [5.41, 5.74) is 0.742. The van der Waals surface area contributed by atoms with Gasteiger partial charge in [0.2, 0.25) is 0 Å². The molecule has 0 aliphatic carbocycles. The fourth-order valence-electron chi connectivity index (χ4n) is 1.26. The van der Waals surface area contributed by atoms with Crippen LogP contribution in [0.25, 0.3) is 0 Å². The highest BCUT2D eigenvalue weighted by atomic mass is 16.5. The van der Waals surface area contributed by atoms with Gasteiger partial charge in [0, 0.05) is 6.42 Å². The lowest BCUT2D eigenvalue weighted by atomic mass is 10.1. The van der Waals surface area contributed by atoms with E-state index in [4.69, 9.17) is 9.84 Å². The lowest BCUT2D eigenvalue weighted by Crippen LogP contribution is -2.01. The van der Waals surface area contributed by atoms with E-state index in [1.165, 1.54) is 0 Å². The summed E-state index contributed by atoms with van der Waals surface area (Å²) >= 11 is 0. The molecule has 0 fully saturated rings. The number of hydrogen-bond donors (Lipinski definition) is 1. The van der Waals surface area contributed by atoms with Crippen molar-refractivity contribution in [2.75, 3.05) is 6.61 Å². The van der Waals surface area contributed by atoms with Crippen molar-refractivity contribution in [3.8, 4) is 17.6 Å². The summed E-state index contributed by atoms with van der Waals surface area (Å²) in [6, 6.07) is 7.12. The molecular formula is C13H14O3. The number of carboxylic acids is 1. The molecule has 0 saturated heterocycles. The predicted molar refractivity (Wildman–Crippen MR) is 61.3 cm³/mol. The van der Waals surface area contributed by atoms with Gasteiger partial charge in [0.1, 0.15) is 5.75 Å². The summed E-state index contributed by atoms with van der Waals surface area (Å²) < 4.78 is 5.43. The van der Waals surface area contributed by atoms with Crippen LogP contribution in [0, 0.1) is 11.8 Å². The molecule has 3 heteroatoms. The van der Waals surface area contributed by atoms with Crippen LogP contribution in [0.4, 0.5) is 0 Å². The third-order valence-electron chi connectivity index (χ3n) is 1.93. The van der Waals surface area contributed by atoms with Gasteiger partial charge in [-0.1, -0.05) is 12.1 Å². The van der Waals surface area contributed by atoms with Gasteiger partial charge in [-0.3, -0.25) is 4.79 Å². The van der Waals surface area contributed by atoms with E-state index < -0.39 is 5.97 Å². The van der Waals surface area contributed by atoms with Gasteiger partial charge < -0.3 is 9.84 Å². The van der Waals surface area contributed by atoms with Gasteiger partial charge in [-0.15, -0.1) is 11.8 Å². The molecule has 16 heavy (non-hydrogen) atoms. The lowest BCUT2D eigenvalue weighted by Gasteiger charge is -2.05. The van der Waals surface area contributed by atoms with E-state index in [2.05, 4.69) is 11.8 Å². The fraction of sp³-hybridized carbons (Fsp3) is 0.308. The molecule has 1 rings (SSSR count). The minimum absolute atomic E-state index is 0.0198. The molecule has 0 aliphatic heterocycles. The van der Waals surface area contributed by atoms with Gasteiger partial charge in [-0.2, -0.15) is 0 Å². The summed E-state index contributed by atoms with van der Waals surface area (Å²) in [4.78, 5) is 10.5. The summed E-state index contributed by atoms with van der Waals surface area (Å²) in [6.45, 7) is 2.31. The molecule has 0 radical (unpaired) electrons. The third kappa shape index (κ3) is 4.52. The van der Waals surface area contributed by atoms with Crippen LogP contribution in [0.3, 0.4) is 0 Å². The molecule has 1 N–H and O–H groups in total. The number of ether oxygens (including phenoxy) is 1. The Hall–Kier alpha value is -1.95. The van der Waals surface area contributed by atoms with Crippen LogP contribution in [0.2, 0.25) is 0 Å². The van der Waals surface area contributed by atoms with Gasteiger partial charge in [-0.25, -0.2) is 0 Å². The van der Waals surface area contributed by atoms with E-state index in [9.17, 15) is 4.79 Å². The molecule has 0 amide bonds. The number of rotatable bonds is 5. The minimum atomic E-state index is -0.839. The summed E-state index contributed by atoms with van der Waals surface area (Å²) in [5.74, 6) is 5.53. The average molecular weight is 218 g/mol. The molecule has 0 saturated carbocycles. The van der Waals surface area contributed by atoms with E-state index in [0.29, 0.717) is 18.8 Å². The number of carboxylic acid groups (broad SMARTS) is 1. The Morgan fingerprint density at radius 1 is 1.50 bits per heavy atom.